The Kier molecular flexibility index (Phi) is 2.60. The van der Waals surface area contributed by atoms with Crippen LogP contribution in [-0.2, 0) is 13.2 Å². The fraction of sp³-hybridized carbons (Fsp3) is 0.231. The van der Waals surface area contributed by atoms with E-state index in [9.17, 15) is 9.90 Å². The highest BCUT2D eigenvalue weighted by Gasteiger charge is 2.23. The molecule has 5 heteroatoms. The topological polar surface area (TPSA) is 67.2 Å². The number of hydrogen-bond acceptors (Lipinski definition) is 3. The number of pyridine rings is 1. The molecule has 0 atom stereocenters. The van der Waals surface area contributed by atoms with Gasteiger partial charge < -0.3 is 15.0 Å². The molecule has 3 heterocycles. The van der Waals surface area contributed by atoms with Crippen LogP contribution >= 0.6 is 0 Å². The number of carbonyl (C=O) groups is 1. The Morgan fingerprint density at radius 1 is 1.39 bits per heavy atom. The van der Waals surface area contributed by atoms with Crippen molar-refractivity contribution in [3.05, 3.63) is 41.9 Å². The Labute approximate surface area is 104 Å². The summed E-state index contributed by atoms with van der Waals surface area (Å²) in [6, 6.07) is 5.56. The maximum absolute atomic E-state index is 11.8. The molecule has 1 amide bonds. The largest absolute Gasteiger partial charge is 0.376 e. The van der Waals surface area contributed by atoms with Crippen molar-refractivity contribution in [2.24, 2.45) is 0 Å². The van der Waals surface area contributed by atoms with E-state index < -0.39 is 0 Å². The molecule has 3 rings (SSSR count). The molecule has 0 unspecified atom stereocenters. The van der Waals surface area contributed by atoms with Crippen LogP contribution in [0.3, 0.4) is 0 Å². The maximum Gasteiger partial charge on any atom is 0.253 e. The van der Waals surface area contributed by atoms with Gasteiger partial charge in [0, 0.05) is 36.6 Å². The van der Waals surface area contributed by atoms with Gasteiger partial charge in [-0.1, -0.05) is 0 Å². The van der Waals surface area contributed by atoms with Crippen molar-refractivity contribution in [3.63, 3.8) is 0 Å². The summed E-state index contributed by atoms with van der Waals surface area (Å²) >= 11 is 0. The number of hydrogen-bond donors (Lipinski definition) is 2. The summed E-state index contributed by atoms with van der Waals surface area (Å²) in [5.74, 6) is -0.0706. The summed E-state index contributed by atoms with van der Waals surface area (Å²) < 4.78 is 1.78. The van der Waals surface area contributed by atoms with Crippen molar-refractivity contribution in [3.8, 4) is 11.3 Å². The van der Waals surface area contributed by atoms with Crippen LogP contribution in [-0.4, -0.2) is 27.1 Å². The smallest absolute Gasteiger partial charge is 0.253 e. The van der Waals surface area contributed by atoms with Crippen molar-refractivity contribution < 1.29 is 9.90 Å². The molecule has 0 aliphatic carbocycles. The Bertz CT molecular complexity index is 590. The highest BCUT2D eigenvalue weighted by molar-refractivity contribution is 5.98. The zero-order valence-electron chi connectivity index (χ0n) is 9.76. The number of rotatable bonds is 2. The molecule has 0 radical (unpaired) electrons. The lowest BCUT2D eigenvalue weighted by atomic mass is 10.1. The van der Waals surface area contributed by atoms with Crippen LogP contribution in [0.4, 0.5) is 0 Å². The van der Waals surface area contributed by atoms with E-state index in [-0.39, 0.29) is 12.6 Å². The van der Waals surface area contributed by atoms with Gasteiger partial charge in [0.15, 0.2) is 0 Å². The van der Waals surface area contributed by atoms with Crippen molar-refractivity contribution in [1.29, 1.82) is 0 Å². The molecule has 0 fully saturated rings. The number of carbonyl (C=O) groups excluding carboxylic acids is 1. The molecule has 0 saturated heterocycles. The predicted molar refractivity (Wildman–Crippen MR) is 65.9 cm³/mol. The molecule has 1 aliphatic rings. The second kappa shape index (κ2) is 4.27. The van der Waals surface area contributed by atoms with Crippen molar-refractivity contribution in [2.45, 2.75) is 13.2 Å². The summed E-state index contributed by atoms with van der Waals surface area (Å²) in [6.07, 6.45) is 4.14. The third-order valence-corrected chi connectivity index (χ3v) is 3.22. The standard InChI is InChI=1S/C13H13N3O2/c17-8-16-11-3-6-15-13(18)10(11)7-12(16)9-1-4-14-5-2-9/h1-2,4-5,7,17H,3,6,8H2,(H,15,18). The first kappa shape index (κ1) is 11.0. The molecule has 0 saturated carbocycles. The first-order valence-corrected chi connectivity index (χ1v) is 5.83. The molecule has 0 bridgehead atoms. The zero-order valence-corrected chi connectivity index (χ0v) is 9.76. The minimum Gasteiger partial charge on any atom is -0.376 e. The van der Waals surface area contributed by atoms with E-state index in [0.29, 0.717) is 12.1 Å². The van der Waals surface area contributed by atoms with Gasteiger partial charge in [-0.25, -0.2) is 0 Å². The van der Waals surface area contributed by atoms with Crippen molar-refractivity contribution in [2.75, 3.05) is 6.54 Å². The van der Waals surface area contributed by atoms with Gasteiger partial charge in [-0.2, -0.15) is 0 Å². The van der Waals surface area contributed by atoms with Gasteiger partial charge in [-0.3, -0.25) is 9.78 Å². The number of aromatic nitrogens is 2. The van der Waals surface area contributed by atoms with Gasteiger partial charge in [0.2, 0.25) is 0 Å². The highest BCUT2D eigenvalue weighted by Crippen LogP contribution is 2.27. The summed E-state index contributed by atoms with van der Waals surface area (Å²) in [5.41, 5.74) is 3.35. The maximum atomic E-state index is 11.8. The SMILES string of the molecule is O=C1NCCc2c1cc(-c1ccncc1)n2CO. The third-order valence-electron chi connectivity index (χ3n) is 3.22. The Balaban J connectivity index is 2.19. The lowest BCUT2D eigenvalue weighted by Gasteiger charge is -2.15. The highest BCUT2D eigenvalue weighted by atomic mass is 16.3. The van der Waals surface area contributed by atoms with Crippen molar-refractivity contribution in [1.82, 2.24) is 14.9 Å². The van der Waals surface area contributed by atoms with Gasteiger partial charge in [-0.05, 0) is 18.2 Å². The molecule has 2 N–H and O–H groups in total. The van der Waals surface area contributed by atoms with E-state index in [1.807, 2.05) is 18.2 Å². The van der Waals surface area contributed by atoms with Gasteiger partial charge in [-0.15, -0.1) is 0 Å². The van der Waals surface area contributed by atoms with E-state index in [4.69, 9.17) is 0 Å². The number of nitrogens with one attached hydrogen (secondary N) is 1. The number of nitrogens with zero attached hydrogens (tertiary/aromatic N) is 2. The van der Waals surface area contributed by atoms with E-state index >= 15 is 0 Å². The summed E-state index contributed by atoms with van der Waals surface area (Å²) in [6.45, 7) is 0.492. The summed E-state index contributed by atoms with van der Waals surface area (Å²) in [4.78, 5) is 15.8. The fourth-order valence-electron chi connectivity index (χ4n) is 2.37. The number of aliphatic hydroxyl groups excluding tert-OH is 1. The minimum atomic E-state index is -0.125. The van der Waals surface area contributed by atoms with Gasteiger partial charge in [0.1, 0.15) is 6.73 Å². The van der Waals surface area contributed by atoms with Crippen LogP contribution in [0.25, 0.3) is 11.3 Å². The van der Waals surface area contributed by atoms with E-state index in [1.54, 1.807) is 17.0 Å². The normalized spacial score (nSPS) is 14.2. The van der Waals surface area contributed by atoms with Crippen LogP contribution < -0.4 is 5.32 Å². The first-order valence-electron chi connectivity index (χ1n) is 5.83. The molecule has 2 aromatic heterocycles. The number of amides is 1. The molecule has 92 valence electrons. The van der Waals surface area contributed by atoms with Crippen LogP contribution in [0.15, 0.2) is 30.6 Å². The van der Waals surface area contributed by atoms with Gasteiger partial charge >= 0.3 is 0 Å². The van der Waals surface area contributed by atoms with Crippen LogP contribution in [0.1, 0.15) is 16.1 Å². The van der Waals surface area contributed by atoms with E-state index in [0.717, 1.165) is 23.4 Å². The average molecular weight is 243 g/mol. The third kappa shape index (κ3) is 1.60. The molecule has 1 aliphatic heterocycles. The zero-order chi connectivity index (χ0) is 12.5. The second-order valence-corrected chi connectivity index (χ2v) is 4.20. The molecule has 0 aromatic carbocycles. The number of fused-ring (bicyclic) bond motifs is 1. The van der Waals surface area contributed by atoms with Crippen LogP contribution in [0, 0.1) is 0 Å². The van der Waals surface area contributed by atoms with Gasteiger partial charge in [0.05, 0.1) is 11.3 Å². The monoisotopic (exact) mass is 243 g/mol. The Morgan fingerprint density at radius 3 is 2.89 bits per heavy atom. The number of aliphatic hydroxyl groups is 1. The predicted octanol–water partition coefficient (Wildman–Crippen LogP) is 0.786. The minimum absolute atomic E-state index is 0.0706. The lowest BCUT2D eigenvalue weighted by molar-refractivity contribution is 0.0944. The van der Waals surface area contributed by atoms with Crippen LogP contribution in [0.5, 0.6) is 0 Å². The fourth-order valence-corrected chi connectivity index (χ4v) is 2.37. The molecule has 18 heavy (non-hydrogen) atoms. The average Bonchev–Trinajstić information content (AvgIpc) is 2.80. The summed E-state index contributed by atoms with van der Waals surface area (Å²) in [5, 5.41) is 12.3. The Hall–Kier alpha value is -2.14. The molecular formula is C13H13N3O2. The summed E-state index contributed by atoms with van der Waals surface area (Å²) in [7, 11) is 0. The first-order chi connectivity index (χ1) is 8.81. The molecule has 2 aromatic rings. The van der Waals surface area contributed by atoms with E-state index in [2.05, 4.69) is 10.3 Å². The molecule has 5 nitrogen and oxygen atoms in total. The van der Waals surface area contributed by atoms with Crippen LogP contribution in [0.2, 0.25) is 0 Å². The molecular weight excluding hydrogens is 230 g/mol. The quantitative estimate of drug-likeness (QED) is 0.819. The van der Waals surface area contributed by atoms with E-state index in [1.165, 1.54) is 0 Å². The van der Waals surface area contributed by atoms with Gasteiger partial charge in [0.25, 0.3) is 5.91 Å². The Morgan fingerprint density at radius 2 is 2.17 bits per heavy atom. The second-order valence-electron chi connectivity index (χ2n) is 4.20. The lowest BCUT2D eigenvalue weighted by Crippen LogP contribution is -2.32. The molecule has 0 spiro atoms. The van der Waals surface area contributed by atoms with Crippen molar-refractivity contribution >= 4 is 5.91 Å².